The predicted octanol–water partition coefficient (Wildman–Crippen LogP) is 2.57. The van der Waals surface area contributed by atoms with Crippen molar-refractivity contribution < 1.29 is 4.79 Å². The summed E-state index contributed by atoms with van der Waals surface area (Å²) in [7, 11) is 0. The molecule has 2 N–H and O–H groups in total. The van der Waals surface area contributed by atoms with E-state index < -0.39 is 0 Å². The van der Waals surface area contributed by atoms with Crippen LogP contribution in [0.15, 0.2) is 18.3 Å². The molecule has 5 nitrogen and oxygen atoms in total. The average Bonchev–Trinajstić information content (AvgIpc) is 3.42. The zero-order chi connectivity index (χ0) is 17.5. The highest BCUT2D eigenvalue weighted by atomic mass is 16.2. The van der Waals surface area contributed by atoms with Gasteiger partial charge >= 0.3 is 0 Å². The van der Waals surface area contributed by atoms with Crippen LogP contribution in [0.5, 0.6) is 0 Å². The van der Waals surface area contributed by atoms with E-state index in [-0.39, 0.29) is 16.7 Å². The van der Waals surface area contributed by atoms with Gasteiger partial charge in [0.05, 0.1) is 5.41 Å². The zero-order valence-electron chi connectivity index (χ0n) is 15.5. The summed E-state index contributed by atoms with van der Waals surface area (Å²) in [6, 6.07) is 4.66. The number of rotatable bonds is 10. The maximum atomic E-state index is 12.7. The van der Waals surface area contributed by atoms with Crippen molar-refractivity contribution in [2.24, 2.45) is 10.8 Å². The number of carbonyl (C=O) groups is 1. The molecule has 5 heteroatoms. The van der Waals surface area contributed by atoms with Gasteiger partial charge in [-0.05, 0) is 68.7 Å². The van der Waals surface area contributed by atoms with Crippen LogP contribution in [-0.4, -0.2) is 48.0 Å². The fourth-order valence-electron chi connectivity index (χ4n) is 4.25. The van der Waals surface area contributed by atoms with E-state index in [2.05, 4.69) is 27.4 Å². The summed E-state index contributed by atoms with van der Waals surface area (Å²) < 4.78 is 0. The third-order valence-corrected chi connectivity index (χ3v) is 6.14. The van der Waals surface area contributed by atoms with Gasteiger partial charge in [0.1, 0.15) is 5.82 Å². The monoisotopic (exact) mass is 342 g/mol. The Bertz CT molecular complexity index is 649. The van der Waals surface area contributed by atoms with E-state index in [1.54, 1.807) is 6.20 Å². The van der Waals surface area contributed by atoms with Crippen molar-refractivity contribution in [2.45, 2.75) is 52.0 Å². The fourth-order valence-corrected chi connectivity index (χ4v) is 4.25. The first-order valence-corrected chi connectivity index (χ1v) is 9.77. The van der Waals surface area contributed by atoms with Gasteiger partial charge in [0.15, 0.2) is 0 Å². The van der Waals surface area contributed by atoms with E-state index >= 15 is 0 Å². The lowest BCUT2D eigenvalue weighted by atomic mass is 10.2. The van der Waals surface area contributed by atoms with Crippen molar-refractivity contribution in [3.63, 3.8) is 0 Å². The number of pyridine rings is 1. The van der Waals surface area contributed by atoms with Crippen molar-refractivity contribution in [2.75, 3.05) is 31.5 Å². The van der Waals surface area contributed by atoms with Gasteiger partial charge in [-0.1, -0.05) is 6.92 Å². The number of nitrogens with one attached hydrogen (secondary N) is 2. The van der Waals surface area contributed by atoms with Gasteiger partial charge in [0.2, 0.25) is 5.91 Å². The normalized spacial score (nSPS) is 29.4. The molecule has 0 bridgehead atoms. The molecule has 1 aromatic heterocycles. The molecule has 0 radical (unpaired) electrons. The molecule has 0 aromatic carbocycles. The zero-order valence-corrected chi connectivity index (χ0v) is 15.5. The molecule has 0 unspecified atom stereocenters. The topological polar surface area (TPSA) is 57.3 Å². The molecule has 0 spiro atoms. The lowest BCUT2D eigenvalue weighted by Gasteiger charge is -2.23. The molecule has 136 valence electrons. The van der Waals surface area contributed by atoms with Crippen LogP contribution in [0.2, 0.25) is 0 Å². The minimum Gasteiger partial charge on any atom is -0.313 e. The minimum atomic E-state index is -0.103. The maximum Gasteiger partial charge on any atom is 0.232 e. The summed E-state index contributed by atoms with van der Waals surface area (Å²) in [5.74, 6) is 0.865. The van der Waals surface area contributed by atoms with Crippen LogP contribution in [0, 0.1) is 17.8 Å². The van der Waals surface area contributed by atoms with Crippen molar-refractivity contribution >= 4 is 11.7 Å². The number of nitrogens with zero attached hydrogens (tertiary/aromatic N) is 2. The second kappa shape index (κ2) is 6.36. The van der Waals surface area contributed by atoms with Gasteiger partial charge in [-0.15, -0.1) is 0 Å². The van der Waals surface area contributed by atoms with Crippen LogP contribution in [-0.2, 0) is 4.79 Å². The Kier molecular flexibility index (Phi) is 4.32. The maximum absolute atomic E-state index is 12.7. The molecule has 3 aliphatic carbocycles. The number of anilines is 1. The molecular weight excluding hydrogens is 312 g/mol. The smallest absolute Gasteiger partial charge is 0.232 e. The van der Waals surface area contributed by atoms with Crippen molar-refractivity contribution in [3.05, 3.63) is 23.9 Å². The Balaban J connectivity index is 1.29. The molecule has 1 amide bonds. The van der Waals surface area contributed by atoms with Gasteiger partial charge in [-0.3, -0.25) is 4.79 Å². The first-order valence-electron chi connectivity index (χ1n) is 9.77. The molecule has 25 heavy (non-hydrogen) atoms. The Morgan fingerprint density at radius 1 is 1.36 bits per heavy atom. The summed E-state index contributed by atoms with van der Waals surface area (Å²) >= 11 is 0. The fraction of sp³-hybridized carbons (Fsp3) is 0.700. The SMILES string of the molecule is CCCN(CCNC1CC1)CC12CC1(C(=O)Nc1cc(C)ccn1)C2. The van der Waals surface area contributed by atoms with Crippen LogP contribution in [0.1, 0.15) is 44.6 Å². The van der Waals surface area contributed by atoms with Crippen molar-refractivity contribution in [1.82, 2.24) is 15.2 Å². The largest absolute Gasteiger partial charge is 0.313 e. The molecule has 1 heterocycles. The minimum absolute atomic E-state index is 0.103. The Morgan fingerprint density at radius 2 is 2.16 bits per heavy atom. The average molecular weight is 342 g/mol. The van der Waals surface area contributed by atoms with Crippen LogP contribution in [0.3, 0.4) is 0 Å². The van der Waals surface area contributed by atoms with E-state index in [0.29, 0.717) is 5.82 Å². The quantitative estimate of drug-likeness (QED) is 0.686. The molecule has 4 rings (SSSR count). The summed E-state index contributed by atoms with van der Waals surface area (Å²) in [6.07, 6.45) is 7.71. The summed E-state index contributed by atoms with van der Waals surface area (Å²) in [5.41, 5.74) is 1.27. The number of amides is 1. The van der Waals surface area contributed by atoms with E-state index in [0.717, 1.165) is 50.6 Å². The third kappa shape index (κ3) is 3.44. The van der Waals surface area contributed by atoms with Gasteiger partial charge in [0, 0.05) is 31.9 Å². The highest BCUT2D eigenvalue weighted by Crippen LogP contribution is 2.86. The number of aromatic nitrogens is 1. The van der Waals surface area contributed by atoms with Crippen molar-refractivity contribution in [3.8, 4) is 0 Å². The highest BCUT2D eigenvalue weighted by Gasteiger charge is 2.86. The van der Waals surface area contributed by atoms with Crippen LogP contribution >= 0.6 is 0 Å². The molecule has 3 saturated carbocycles. The van der Waals surface area contributed by atoms with Crippen LogP contribution < -0.4 is 10.6 Å². The second-order valence-electron chi connectivity index (χ2n) is 8.39. The molecule has 0 aliphatic heterocycles. The van der Waals surface area contributed by atoms with E-state index in [1.165, 1.54) is 19.3 Å². The first-order chi connectivity index (χ1) is 12.1. The molecule has 3 fully saturated rings. The lowest BCUT2D eigenvalue weighted by molar-refractivity contribution is -0.119. The van der Waals surface area contributed by atoms with Gasteiger partial charge in [0.25, 0.3) is 0 Å². The van der Waals surface area contributed by atoms with E-state index in [1.807, 2.05) is 19.1 Å². The Hall–Kier alpha value is -1.46. The standard InChI is InChI=1S/C20H30N4O/c1-3-9-24(10-8-21-16-4-5-16)14-19-12-20(19,13-19)18(25)23-17-11-15(2)6-7-22-17/h6-7,11,16,21H,3-5,8-10,12-14H2,1-2H3,(H,22,23,25). The molecule has 3 aliphatic rings. The molecular formula is C20H30N4O. The van der Waals surface area contributed by atoms with E-state index in [4.69, 9.17) is 0 Å². The van der Waals surface area contributed by atoms with Gasteiger partial charge in [-0.25, -0.2) is 4.98 Å². The van der Waals surface area contributed by atoms with E-state index in [9.17, 15) is 4.79 Å². The lowest BCUT2D eigenvalue weighted by Crippen LogP contribution is -2.36. The number of fused-ring (bicyclic) bond motifs is 1. The number of hydrogen-bond donors (Lipinski definition) is 2. The Morgan fingerprint density at radius 3 is 2.84 bits per heavy atom. The molecule has 1 aromatic rings. The summed E-state index contributed by atoms with van der Waals surface area (Å²) in [5, 5.41) is 6.65. The number of aryl methyl sites for hydroxylation is 1. The van der Waals surface area contributed by atoms with Gasteiger partial charge < -0.3 is 15.5 Å². The Labute approximate surface area is 150 Å². The van der Waals surface area contributed by atoms with Crippen LogP contribution in [0.25, 0.3) is 0 Å². The number of hydrogen-bond acceptors (Lipinski definition) is 4. The first kappa shape index (κ1) is 17.0. The van der Waals surface area contributed by atoms with Gasteiger partial charge in [-0.2, -0.15) is 0 Å². The summed E-state index contributed by atoms with van der Waals surface area (Å²) in [6.45, 7) is 8.64. The van der Waals surface area contributed by atoms with Crippen LogP contribution in [0.4, 0.5) is 5.82 Å². The second-order valence-corrected chi connectivity index (χ2v) is 8.39. The molecule has 0 atom stereocenters. The molecule has 0 saturated heterocycles. The predicted molar refractivity (Wildman–Crippen MR) is 99.5 cm³/mol. The van der Waals surface area contributed by atoms with Crippen molar-refractivity contribution in [1.29, 1.82) is 0 Å². The third-order valence-electron chi connectivity index (χ3n) is 6.14. The highest BCUT2D eigenvalue weighted by molar-refractivity contribution is 6.01. The summed E-state index contributed by atoms with van der Waals surface area (Å²) in [4.78, 5) is 19.5. The number of carbonyl (C=O) groups excluding carboxylic acids is 1.